The van der Waals surface area contributed by atoms with Gasteiger partial charge in [-0.1, -0.05) is 45.0 Å². The van der Waals surface area contributed by atoms with E-state index < -0.39 is 0 Å². The predicted octanol–water partition coefficient (Wildman–Crippen LogP) is 3.09. The molecule has 0 aliphatic heterocycles. The molecular weight excluding hydrogens is 186 g/mol. The van der Waals surface area contributed by atoms with Crippen LogP contribution in [0.3, 0.4) is 0 Å². The van der Waals surface area contributed by atoms with Gasteiger partial charge >= 0.3 is 0 Å². The summed E-state index contributed by atoms with van der Waals surface area (Å²) in [4.78, 5) is 14.5. The number of carbonyl (C=O) groups is 1. The van der Waals surface area contributed by atoms with Crippen molar-refractivity contribution in [3.8, 4) is 0 Å². The number of ketones is 1. The van der Waals surface area contributed by atoms with Crippen molar-refractivity contribution < 1.29 is 4.79 Å². The molecule has 1 aromatic rings. The minimum atomic E-state index is -0.106. The number of nitrogens with zero attached hydrogens (tertiary/aromatic N) is 1. The van der Waals surface area contributed by atoms with E-state index in [1.165, 1.54) is 5.56 Å². The van der Waals surface area contributed by atoms with Gasteiger partial charge < -0.3 is 4.85 Å². The highest BCUT2D eigenvalue weighted by molar-refractivity contribution is 5.98. The maximum absolute atomic E-state index is 11.4. The van der Waals surface area contributed by atoms with E-state index in [9.17, 15) is 4.79 Å². The first-order valence-electron chi connectivity index (χ1n) is 4.92. The van der Waals surface area contributed by atoms with Crippen LogP contribution in [0.5, 0.6) is 0 Å². The van der Waals surface area contributed by atoms with Gasteiger partial charge in [-0.05, 0) is 11.0 Å². The minimum Gasteiger partial charge on any atom is -0.308 e. The number of hydrogen-bond donors (Lipinski definition) is 0. The molecule has 2 nitrogen and oxygen atoms in total. The van der Waals surface area contributed by atoms with Gasteiger partial charge in [-0.3, -0.25) is 4.79 Å². The molecule has 78 valence electrons. The number of benzene rings is 1. The van der Waals surface area contributed by atoms with Gasteiger partial charge in [0.2, 0.25) is 5.78 Å². The Morgan fingerprint density at radius 1 is 1.27 bits per heavy atom. The lowest BCUT2D eigenvalue weighted by Gasteiger charge is -2.18. The lowest BCUT2D eigenvalue weighted by atomic mass is 9.86. The SMILES string of the molecule is [C-]#[N+]CC(=O)c1ccc(C(C)(C)C)cc1. The fourth-order valence-electron chi connectivity index (χ4n) is 1.32. The lowest BCUT2D eigenvalue weighted by Crippen LogP contribution is -2.11. The van der Waals surface area contributed by atoms with Crippen LogP contribution in [0.25, 0.3) is 4.85 Å². The zero-order chi connectivity index (χ0) is 11.5. The Morgan fingerprint density at radius 3 is 2.20 bits per heavy atom. The van der Waals surface area contributed by atoms with E-state index in [-0.39, 0.29) is 17.7 Å². The van der Waals surface area contributed by atoms with E-state index in [2.05, 4.69) is 25.6 Å². The molecule has 0 aliphatic carbocycles. The predicted molar refractivity (Wildman–Crippen MR) is 60.9 cm³/mol. The van der Waals surface area contributed by atoms with Crippen LogP contribution in [0.1, 0.15) is 36.7 Å². The lowest BCUT2D eigenvalue weighted by molar-refractivity contribution is 0.101. The summed E-state index contributed by atoms with van der Waals surface area (Å²) in [5.74, 6) is -0.106. The molecule has 0 amide bonds. The molecule has 1 aromatic carbocycles. The van der Waals surface area contributed by atoms with Crippen LogP contribution < -0.4 is 0 Å². The highest BCUT2D eigenvalue weighted by Crippen LogP contribution is 2.22. The molecule has 0 N–H and O–H groups in total. The maximum Gasteiger partial charge on any atom is 0.276 e. The largest absolute Gasteiger partial charge is 0.308 e. The second-order valence-corrected chi connectivity index (χ2v) is 4.57. The standard InChI is InChI=1S/C13H15NO/c1-13(2,3)11-7-5-10(6-8-11)12(15)9-14-4/h5-8H,9H2,1-3H3. The highest BCUT2D eigenvalue weighted by atomic mass is 16.1. The van der Waals surface area contributed by atoms with Gasteiger partial charge in [-0.15, -0.1) is 0 Å². The zero-order valence-electron chi connectivity index (χ0n) is 9.37. The Kier molecular flexibility index (Phi) is 3.26. The van der Waals surface area contributed by atoms with Crippen molar-refractivity contribution in [2.75, 3.05) is 6.54 Å². The van der Waals surface area contributed by atoms with Crippen molar-refractivity contribution in [3.05, 3.63) is 46.8 Å². The van der Waals surface area contributed by atoms with Crippen LogP contribution in [0, 0.1) is 6.57 Å². The van der Waals surface area contributed by atoms with E-state index in [4.69, 9.17) is 6.57 Å². The van der Waals surface area contributed by atoms with Crippen LogP contribution in [0.15, 0.2) is 24.3 Å². The van der Waals surface area contributed by atoms with Crippen molar-refractivity contribution in [2.45, 2.75) is 26.2 Å². The van der Waals surface area contributed by atoms with Crippen molar-refractivity contribution in [1.29, 1.82) is 0 Å². The topological polar surface area (TPSA) is 21.4 Å². The summed E-state index contributed by atoms with van der Waals surface area (Å²) in [6, 6.07) is 7.51. The van der Waals surface area contributed by atoms with Crippen molar-refractivity contribution in [2.24, 2.45) is 0 Å². The van der Waals surface area contributed by atoms with E-state index in [1.54, 1.807) is 12.1 Å². The summed E-state index contributed by atoms with van der Waals surface area (Å²) >= 11 is 0. The van der Waals surface area contributed by atoms with E-state index >= 15 is 0 Å². The van der Waals surface area contributed by atoms with Crippen molar-refractivity contribution in [3.63, 3.8) is 0 Å². The van der Waals surface area contributed by atoms with Crippen LogP contribution in [-0.2, 0) is 5.41 Å². The number of rotatable bonds is 2. The van der Waals surface area contributed by atoms with Gasteiger partial charge in [0.25, 0.3) is 6.54 Å². The van der Waals surface area contributed by atoms with Crippen molar-refractivity contribution in [1.82, 2.24) is 0 Å². The summed E-state index contributed by atoms with van der Waals surface area (Å²) in [5, 5.41) is 0. The minimum absolute atomic E-state index is 0.0607. The molecule has 0 aromatic heterocycles. The summed E-state index contributed by atoms with van der Waals surface area (Å²) in [5.41, 5.74) is 1.92. The summed E-state index contributed by atoms with van der Waals surface area (Å²) < 4.78 is 0. The molecule has 15 heavy (non-hydrogen) atoms. The number of Topliss-reactive ketones (excluding diaryl/α,β-unsaturated/α-hetero) is 1. The normalized spacial score (nSPS) is 10.8. The smallest absolute Gasteiger partial charge is 0.276 e. The first-order valence-corrected chi connectivity index (χ1v) is 4.92. The Labute approximate surface area is 90.8 Å². The summed E-state index contributed by atoms with van der Waals surface area (Å²) in [6.07, 6.45) is 0. The fourth-order valence-corrected chi connectivity index (χ4v) is 1.32. The third kappa shape index (κ3) is 2.92. The molecule has 0 saturated heterocycles. The van der Waals surface area contributed by atoms with Crippen molar-refractivity contribution >= 4 is 5.78 Å². The molecule has 1 rings (SSSR count). The molecule has 0 heterocycles. The summed E-state index contributed by atoms with van der Waals surface area (Å²) in [6.45, 7) is 13.0. The van der Waals surface area contributed by atoms with Crippen LogP contribution in [0.4, 0.5) is 0 Å². The van der Waals surface area contributed by atoms with E-state index in [0.717, 1.165) is 0 Å². The van der Waals surface area contributed by atoms with Gasteiger partial charge in [0.1, 0.15) is 0 Å². The monoisotopic (exact) mass is 201 g/mol. The van der Waals surface area contributed by atoms with Crippen LogP contribution in [0.2, 0.25) is 0 Å². The molecule has 2 heteroatoms. The van der Waals surface area contributed by atoms with Gasteiger partial charge in [-0.25, -0.2) is 6.57 Å². The molecule has 0 aliphatic rings. The second-order valence-electron chi connectivity index (χ2n) is 4.57. The number of hydrogen-bond acceptors (Lipinski definition) is 1. The Balaban J connectivity index is 2.92. The average molecular weight is 201 g/mol. The first-order chi connectivity index (χ1) is 6.95. The second kappa shape index (κ2) is 4.27. The Morgan fingerprint density at radius 2 is 1.80 bits per heavy atom. The van der Waals surface area contributed by atoms with Gasteiger partial charge in [-0.2, -0.15) is 0 Å². The highest BCUT2D eigenvalue weighted by Gasteiger charge is 2.14. The third-order valence-electron chi connectivity index (χ3n) is 2.30. The zero-order valence-corrected chi connectivity index (χ0v) is 9.37. The van der Waals surface area contributed by atoms with Gasteiger partial charge in [0, 0.05) is 5.56 Å². The Bertz CT molecular complexity index is 390. The maximum atomic E-state index is 11.4. The molecule has 0 unspecified atom stereocenters. The first kappa shape index (κ1) is 11.5. The molecule has 0 spiro atoms. The quantitative estimate of drug-likeness (QED) is 0.532. The summed E-state index contributed by atoms with van der Waals surface area (Å²) in [7, 11) is 0. The molecule has 0 radical (unpaired) electrons. The number of carbonyl (C=O) groups excluding carboxylic acids is 1. The van der Waals surface area contributed by atoms with Crippen LogP contribution in [-0.4, -0.2) is 12.3 Å². The van der Waals surface area contributed by atoms with E-state index in [1.807, 2.05) is 12.1 Å². The third-order valence-corrected chi connectivity index (χ3v) is 2.30. The van der Waals surface area contributed by atoms with Crippen LogP contribution >= 0.6 is 0 Å². The van der Waals surface area contributed by atoms with Gasteiger partial charge in [0.05, 0.1) is 0 Å². The van der Waals surface area contributed by atoms with Gasteiger partial charge in [0.15, 0.2) is 0 Å². The molecule has 0 saturated carbocycles. The molecule has 0 fully saturated rings. The fraction of sp³-hybridized carbons (Fsp3) is 0.385. The average Bonchev–Trinajstić information content (AvgIpc) is 2.17. The van der Waals surface area contributed by atoms with E-state index in [0.29, 0.717) is 5.56 Å². The Hall–Kier alpha value is -1.62. The molecule has 0 atom stereocenters. The molecule has 0 bridgehead atoms. The molecular formula is C13H15NO.